The normalized spacial score (nSPS) is 19.3. The molecule has 1 aliphatic heterocycles. The van der Waals surface area contributed by atoms with Gasteiger partial charge in [-0.15, -0.1) is 0 Å². The number of anilines is 1. The van der Waals surface area contributed by atoms with Gasteiger partial charge in [-0.2, -0.15) is 13.2 Å². The fourth-order valence-corrected chi connectivity index (χ4v) is 2.55. The van der Waals surface area contributed by atoms with E-state index in [1.165, 1.54) is 0 Å². The molecule has 0 radical (unpaired) electrons. The number of piperidine rings is 1. The first-order chi connectivity index (χ1) is 10.7. The standard InChI is InChI=1S/C15H21F3N4O/c1-9(2)13-19-10(3)7-12(21-13)20-11-5-4-6-22(14(11)23)8-15(16,17)18/h7,9,11H,4-6,8H2,1-3H3,(H,19,20,21). The van der Waals surface area contributed by atoms with E-state index in [4.69, 9.17) is 0 Å². The largest absolute Gasteiger partial charge is 0.406 e. The molecule has 0 bridgehead atoms. The zero-order valence-electron chi connectivity index (χ0n) is 13.4. The van der Waals surface area contributed by atoms with Crippen molar-refractivity contribution < 1.29 is 18.0 Å². The molecular weight excluding hydrogens is 309 g/mol. The van der Waals surface area contributed by atoms with E-state index in [-0.39, 0.29) is 12.5 Å². The molecule has 0 aromatic carbocycles. The van der Waals surface area contributed by atoms with Gasteiger partial charge in [0.2, 0.25) is 5.91 Å². The lowest BCUT2D eigenvalue weighted by Gasteiger charge is -2.33. The molecule has 5 nitrogen and oxygen atoms in total. The summed E-state index contributed by atoms with van der Waals surface area (Å²) < 4.78 is 37.6. The Kier molecular flexibility index (Phi) is 5.11. The Labute approximate surface area is 133 Å². The number of amides is 1. The molecule has 1 saturated heterocycles. The minimum Gasteiger partial charge on any atom is -0.358 e. The third kappa shape index (κ3) is 4.80. The molecular formula is C15H21F3N4O. The van der Waals surface area contributed by atoms with Crippen molar-refractivity contribution in [2.75, 3.05) is 18.4 Å². The molecule has 8 heteroatoms. The third-order valence-corrected chi connectivity index (χ3v) is 3.61. The quantitative estimate of drug-likeness (QED) is 0.922. The molecule has 0 saturated carbocycles. The summed E-state index contributed by atoms with van der Waals surface area (Å²) in [7, 11) is 0. The van der Waals surface area contributed by atoms with Crippen molar-refractivity contribution >= 4 is 11.7 Å². The van der Waals surface area contributed by atoms with Gasteiger partial charge in [-0.05, 0) is 19.8 Å². The first-order valence-electron chi connectivity index (χ1n) is 7.63. The van der Waals surface area contributed by atoms with Crippen LogP contribution in [0.4, 0.5) is 19.0 Å². The van der Waals surface area contributed by atoms with Gasteiger partial charge in [0.15, 0.2) is 0 Å². The van der Waals surface area contributed by atoms with E-state index in [0.717, 1.165) is 10.6 Å². The number of hydrogen-bond acceptors (Lipinski definition) is 4. The fraction of sp³-hybridized carbons (Fsp3) is 0.667. The van der Waals surface area contributed by atoms with Crippen LogP contribution in [0.3, 0.4) is 0 Å². The number of rotatable bonds is 4. The molecule has 2 heterocycles. The second-order valence-corrected chi connectivity index (χ2v) is 6.12. The number of halogens is 3. The second-order valence-electron chi connectivity index (χ2n) is 6.12. The van der Waals surface area contributed by atoms with Crippen molar-refractivity contribution in [1.82, 2.24) is 14.9 Å². The predicted molar refractivity (Wildman–Crippen MR) is 80.1 cm³/mol. The zero-order valence-corrected chi connectivity index (χ0v) is 13.4. The number of nitrogens with one attached hydrogen (secondary N) is 1. The van der Waals surface area contributed by atoms with E-state index in [9.17, 15) is 18.0 Å². The molecule has 1 amide bonds. The molecule has 0 spiro atoms. The van der Waals surface area contributed by atoms with Crippen molar-refractivity contribution in [2.45, 2.75) is 51.7 Å². The van der Waals surface area contributed by atoms with Crippen LogP contribution in [0.15, 0.2) is 6.07 Å². The lowest BCUT2D eigenvalue weighted by atomic mass is 10.0. The van der Waals surface area contributed by atoms with Crippen molar-refractivity contribution in [3.05, 3.63) is 17.6 Å². The van der Waals surface area contributed by atoms with E-state index in [1.54, 1.807) is 6.07 Å². The SMILES string of the molecule is Cc1cc(NC2CCCN(CC(F)(F)F)C2=O)nc(C(C)C)n1. The lowest BCUT2D eigenvalue weighted by molar-refractivity contribution is -0.163. The number of carbonyl (C=O) groups is 1. The molecule has 1 atom stereocenters. The number of aryl methyl sites for hydroxylation is 1. The Bertz CT molecular complexity index is 574. The number of carbonyl (C=O) groups excluding carboxylic acids is 1. The molecule has 1 aromatic heterocycles. The lowest BCUT2D eigenvalue weighted by Crippen LogP contribution is -2.50. The molecule has 128 valence electrons. The molecule has 23 heavy (non-hydrogen) atoms. The fourth-order valence-electron chi connectivity index (χ4n) is 2.55. The maximum absolute atomic E-state index is 12.5. The van der Waals surface area contributed by atoms with Crippen LogP contribution < -0.4 is 5.32 Å². The molecule has 1 N–H and O–H groups in total. The van der Waals surface area contributed by atoms with E-state index in [2.05, 4.69) is 15.3 Å². The Morgan fingerprint density at radius 1 is 1.39 bits per heavy atom. The minimum absolute atomic E-state index is 0.124. The van der Waals surface area contributed by atoms with Crippen LogP contribution in [0.5, 0.6) is 0 Å². The van der Waals surface area contributed by atoms with Crippen LogP contribution in [-0.2, 0) is 4.79 Å². The van der Waals surface area contributed by atoms with Gasteiger partial charge in [0.05, 0.1) is 0 Å². The van der Waals surface area contributed by atoms with Crippen LogP contribution in [0.2, 0.25) is 0 Å². The van der Waals surface area contributed by atoms with Crippen LogP contribution in [0.25, 0.3) is 0 Å². The maximum atomic E-state index is 12.5. The highest BCUT2D eigenvalue weighted by Gasteiger charge is 2.37. The van der Waals surface area contributed by atoms with Gasteiger partial charge in [-0.3, -0.25) is 4.79 Å². The van der Waals surface area contributed by atoms with E-state index in [0.29, 0.717) is 24.5 Å². The highest BCUT2D eigenvalue weighted by Crippen LogP contribution is 2.22. The molecule has 2 rings (SSSR count). The van der Waals surface area contributed by atoms with E-state index >= 15 is 0 Å². The summed E-state index contributed by atoms with van der Waals surface area (Å²) in [5, 5.41) is 2.97. The molecule has 1 unspecified atom stereocenters. The average molecular weight is 330 g/mol. The van der Waals surface area contributed by atoms with Crippen molar-refractivity contribution in [2.24, 2.45) is 0 Å². The summed E-state index contributed by atoms with van der Waals surface area (Å²) in [5.74, 6) is 0.714. The van der Waals surface area contributed by atoms with Gasteiger partial charge in [-0.25, -0.2) is 9.97 Å². The van der Waals surface area contributed by atoms with Gasteiger partial charge >= 0.3 is 6.18 Å². The van der Waals surface area contributed by atoms with Crippen LogP contribution in [-0.4, -0.2) is 46.1 Å². The van der Waals surface area contributed by atoms with Gasteiger partial charge in [0, 0.05) is 24.2 Å². The van der Waals surface area contributed by atoms with Gasteiger partial charge < -0.3 is 10.2 Å². The average Bonchev–Trinajstić information content (AvgIpc) is 2.41. The molecule has 0 aliphatic carbocycles. The highest BCUT2D eigenvalue weighted by molar-refractivity contribution is 5.85. The van der Waals surface area contributed by atoms with Crippen molar-refractivity contribution in [3.8, 4) is 0 Å². The first kappa shape index (κ1) is 17.5. The summed E-state index contributed by atoms with van der Waals surface area (Å²) >= 11 is 0. The smallest absolute Gasteiger partial charge is 0.358 e. The summed E-state index contributed by atoms with van der Waals surface area (Å²) in [5.41, 5.74) is 0.751. The minimum atomic E-state index is -4.38. The predicted octanol–water partition coefficient (Wildman–Crippen LogP) is 2.87. The number of hydrogen-bond donors (Lipinski definition) is 1. The van der Waals surface area contributed by atoms with Crippen LogP contribution in [0.1, 0.15) is 44.1 Å². The Morgan fingerprint density at radius 2 is 2.09 bits per heavy atom. The van der Waals surface area contributed by atoms with Crippen LogP contribution >= 0.6 is 0 Å². The maximum Gasteiger partial charge on any atom is 0.406 e. The summed E-state index contributed by atoms with van der Waals surface area (Å²) in [6.07, 6.45) is -3.36. The molecule has 1 fully saturated rings. The highest BCUT2D eigenvalue weighted by atomic mass is 19.4. The van der Waals surface area contributed by atoms with Crippen LogP contribution in [0, 0.1) is 6.92 Å². The number of aromatic nitrogens is 2. The van der Waals surface area contributed by atoms with Gasteiger partial charge in [-0.1, -0.05) is 13.8 Å². The number of nitrogens with zero attached hydrogens (tertiary/aromatic N) is 3. The monoisotopic (exact) mass is 330 g/mol. The van der Waals surface area contributed by atoms with Gasteiger partial charge in [0.1, 0.15) is 24.2 Å². The summed E-state index contributed by atoms with van der Waals surface area (Å²) in [4.78, 5) is 21.8. The number of likely N-dealkylation sites (tertiary alicyclic amines) is 1. The summed E-state index contributed by atoms with van der Waals surface area (Å²) in [6, 6.07) is 1.02. The zero-order chi connectivity index (χ0) is 17.2. The van der Waals surface area contributed by atoms with E-state index < -0.39 is 24.7 Å². The van der Waals surface area contributed by atoms with Crippen molar-refractivity contribution in [3.63, 3.8) is 0 Å². The summed E-state index contributed by atoms with van der Waals surface area (Å²) in [6.45, 7) is 4.66. The number of alkyl halides is 3. The molecule has 1 aromatic rings. The van der Waals surface area contributed by atoms with Crippen molar-refractivity contribution in [1.29, 1.82) is 0 Å². The van der Waals surface area contributed by atoms with Gasteiger partial charge in [0.25, 0.3) is 0 Å². The Morgan fingerprint density at radius 3 is 2.70 bits per heavy atom. The Hall–Kier alpha value is -1.86. The second kappa shape index (κ2) is 6.72. The first-order valence-corrected chi connectivity index (χ1v) is 7.63. The van der Waals surface area contributed by atoms with E-state index in [1.807, 2.05) is 20.8 Å². The topological polar surface area (TPSA) is 58.1 Å². The third-order valence-electron chi connectivity index (χ3n) is 3.61. The Balaban J connectivity index is 2.12. The molecule has 1 aliphatic rings.